The van der Waals surface area contributed by atoms with Gasteiger partial charge in [0, 0.05) is 25.6 Å². The van der Waals surface area contributed by atoms with Crippen LogP contribution in [0, 0.1) is 11.7 Å². The van der Waals surface area contributed by atoms with Gasteiger partial charge in [0.05, 0.1) is 6.54 Å². The number of carbonyl (C=O) groups excluding carboxylic acids is 1. The van der Waals surface area contributed by atoms with E-state index in [0.29, 0.717) is 31.4 Å². The Balaban J connectivity index is 1.53. The lowest BCUT2D eigenvalue weighted by Gasteiger charge is -2.23. The predicted octanol–water partition coefficient (Wildman–Crippen LogP) is 5.32. The van der Waals surface area contributed by atoms with Crippen LogP contribution in [0.4, 0.5) is 9.18 Å². The highest BCUT2D eigenvalue weighted by atomic mass is 19.1. The van der Waals surface area contributed by atoms with Crippen LogP contribution in [-0.2, 0) is 16.0 Å². The van der Waals surface area contributed by atoms with E-state index in [4.69, 9.17) is 14.2 Å². The summed E-state index contributed by atoms with van der Waals surface area (Å²) in [5.41, 5.74) is 0.829. The first-order valence-electron chi connectivity index (χ1n) is 12.2. The molecule has 7 nitrogen and oxygen atoms in total. The van der Waals surface area contributed by atoms with Crippen LogP contribution in [0.15, 0.2) is 48.5 Å². The zero-order valence-electron chi connectivity index (χ0n) is 20.2. The fraction of sp³-hybridized carbons (Fsp3) is 0.481. The molecule has 190 valence electrons. The molecule has 1 fully saturated rings. The second-order valence-electron chi connectivity index (χ2n) is 8.73. The Kier molecular flexibility index (Phi) is 10.3. The third kappa shape index (κ3) is 8.87. The molecule has 0 aromatic heterocycles. The predicted molar refractivity (Wildman–Crippen MR) is 129 cm³/mol. The third-order valence-electron chi connectivity index (χ3n) is 6.16. The molecule has 1 unspecified atom stereocenters. The molecule has 8 heteroatoms. The Morgan fingerprint density at radius 3 is 2.49 bits per heavy atom. The largest absolute Gasteiger partial charge is 0.492 e. The Labute approximate surface area is 205 Å². The van der Waals surface area contributed by atoms with Gasteiger partial charge in [0.1, 0.15) is 23.9 Å². The van der Waals surface area contributed by atoms with E-state index in [2.05, 4.69) is 0 Å². The quantitative estimate of drug-likeness (QED) is 0.412. The minimum atomic E-state index is -0.991. The Hall–Kier alpha value is -3.13. The van der Waals surface area contributed by atoms with E-state index in [9.17, 15) is 19.1 Å². The molecule has 1 amide bonds. The first-order valence-corrected chi connectivity index (χ1v) is 12.2. The summed E-state index contributed by atoms with van der Waals surface area (Å²) < 4.78 is 30.0. The number of nitrogens with zero attached hydrogens (tertiary/aromatic N) is 1. The first-order chi connectivity index (χ1) is 16.9. The van der Waals surface area contributed by atoms with Crippen LogP contribution >= 0.6 is 0 Å². The van der Waals surface area contributed by atoms with Crippen molar-refractivity contribution >= 4 is 12.1 Å². The molecule has 3 rings (SSSR count). The maximum atomic E-state index is 13.5. The number of carbonyl (C=O) groups is 2. The molecule has 1 aliphatic rings. The molecule has 0 bridgehead atoms. The van der Waals surface area contributed by atoms with Gasteiger partial charge in [-0.25, -0.2) is 14.0 Å². The van der Waals surface area contributed by atoms with Gasteiger partial charge in [0.2, 0.25) is 0 Å². The number of hydrogen-bond acceptors (Lipinski definition) is 5. The standard InChI is InChI=1S/C27H34FNO6/c1-2-33-25(26(30)31)18-21-10-12-23(13-11-21)34-17-16-29(15-14-20-6-3-4-7-20)27(32)35-24-9-5-8-22(28)19-24/h5,8-13,19-20,25H,2-4,6-7,14-18H2,1H3,(H,30,31). The zero-order chi connectivity index (χ0) is 25.0. The maximum Gasteiger partial charge on any atom is 0.415 e. The number of ether oxygens (including phenoxy) is 3. The molecule has 1 atom stereocenters. The zero-order valence-corrected chi connectivity index (χ0v) is 20.2. The monoisotopic (exact) mass is 487 g/mol. The van der Waals surface area contributed by atoms with E-state index in [-0.39, 0.29) is 18.8 Å². The summed E-state index contributed by atoms with van der Waals surface area (Å²) in [7, 11) is 0. The lowest BCUT2D eigenvalue weighted by molar-refractivity contribution is -0.149. The summed E-state index contributed by atoms with van der Waals surface area (Å²) in [6.45, 7) is 3.23. The normalized spacial score (nSPS) is 14.5. The second-order valence-corrected chi connectivity index (χ2v) is 8.73. The molecule has 1 aliphatic carbocycles. The van der Waals surface area contributed by atoms with Crippen molar-refractivity contribution in [1.29, 1.82) is 0 Å². The van der Waals surface area contributed by atoms with Crippen molar-refractivity contribution in [1.82, 2.24) is 4.90 Å². The molecule has 2 aromatic carbocycles. The van der Waals surface area contributed by atoms with Crippen molar-refractivity contribution in [3.8, 4) is 11.5 Å². The average Bonchev–Trinajstić information content (AvgIpc) is 3.35. The van der Waals surface area contributed by atoms with Crippen LogP contribution in [0.2, 0.25) is 0 Å². The third-order valence-corrected chi connectivity index (χ3v) is 6.16. The smallest absolute Gasteiger partial charge is 0.415 e. The maximum absolute atomic E-state index is 13.5. The van der Waals surface area contributed by atoms with Gasteiger partial charge in [-0.3, -0.25) is 0 Å². The minimum absolute atomic E-state index is 0.170. The van der Waals surface area contributed by atoms with E-state index in [1.807, 2.05) is 0 Å². The molecule has 0 aliphatic heterocycles. The van der Waals surface area contributed by atoms with Crippen molar-refractivity contribution in [2.24, 2.45) is 5.92 Å². The Morgan fingerprint density at radius 2 is 1.83 bits per heavy atom. The molecule has 0 radical (unpaired) electrons. The summed E-state index contributed by atoms with van der Waals surface area (Å²) in [5.74, 6) is -0.0554. The van der Waals surface area contributed by atoms with Crippen molar-refractivity contribution in [3.05, 3.63) is 59.9 Å². The molecule has 1 saturated carbocycles. The van der Waals surface area contributed by atoms with Gasteiger partial charge in [-0.1, -0.05) is 43.9 Å². The number of benzene rings is 2. The van der Waals surface area contributed by atoms with Gasteiger partial charge in [0.25, 0.3) is 0 Å². The number of hydrogen-bond donors (Lipinski definition) is 1. The Bertz CT molecular complexity index is 945. The summed E-state index contributed by atoms with van der Waals surface area (Å²) in [6, 6.07) is 12.7. The number of aliphatic carboxylic acids is 1. The summed E-state index contributed by atoms with van der Waals surface area (Å²) in [4.78, 5) is 25.7. The molecule has 2 aromatic rings. The van der Waals surface area contributed by atoms with E-state index in [0.717, 1.165) is 12.0 Å². The van der Waals surface area contributed by atoms with Crippen LogP contribution in [0.5, 0.6) is 11.5 Å². The van der Waals surface area contributed by atoms with E-state index in [1.165, 1.54) is 43.9 Å². The number of amides is 1. The number of carboxylic acid groups (broad SMARTS) is 1. The highest BCUT2D eigenvalue weighted by Gasteiger charge is 2.21. The SMILES string of the molecule is CCOC(Cc1ccc(OCCN(CCC2CCCC2)C(=O)Oc2cccc(F)c2)cc1)C(=O)O. The average molecular weight is 488 g/mol. The van der Waals surface area contributed by atoms with Gasteiger partial charge in [-0.2, -0.15) is 0 Å². The molecule has 0 spiro atoms. The number of halogens is 1. The molecular weight excluding hydrogens is 453 g/mol. The van der Waals surface area contributed by atoms with Gasteiger partial charge in [-0.15, -0.1) is 0 Å². The van der Waals surface area contributed by atoms with E-state index < -0.39 is 24.0 Å². The van der Waals surface area contributed by atoms with Crippen molar-refractivity contribution in [3.63, 3.8) is 0 Å². The fourth-order valence-corrected chi connectivity index (χ4v) is 4.26. The van der Waals surface area contributed by atoms with Gasteiger partial charge in [0.15, 0.2) is 6.10 Å². The van der Waals surface area contributed by atoms with Crippen molar-refractivity contribution in [2.75, 3.05) is 26.3 Å². The summed E-state index contributed by atoms with van der Waals surface area (Å²) in [6.07, 6.45) is 4.59. The van der Waals surface area contributed by atoms with E-state index in [1.54, 1.807) is 42.2 Å². The number of rotatable bonds is 13. The lowest BCUT2D eigenvalue weighted by atomic mass is 10.0. The van der Waals surface area contributed by atoms with Gasteiger partial charge >= 0.3 is 12.1 Å². The first kappa shape index (κ1) is 26.5. The molecule has 0 heterocycles. The fourth-order valence-electron chi connectivity index (χ4n) is 4.26. The van der Waals surface area contributed by atoms with Crippen LogP contribution in [0.3, 0.4) is 0 Å². The minimum Gasteiger partial charge on any atom is -0.492 e. The summed E-state index contributed by atoms with van der Waals surface area (Å²) >= 11 is 0. The highest BCUT2D eigenvalue weighted by Crippen LogP contribution is 2.27. The van der Waals surface area contributed by atoms with Crippen LogP contribution in [0.1, 0.15) is 44.6 Å². The molecule has 35 heavy (non-hydrogen) atoms. The van der Waals surface area contributed by atoms with Gasteiger partial charge in [-0.05, 0) is 49.1 Å². The van der Waals surface area contributed by atoms with Crippen LogP contribution in [0.25, 0.3) is 0 Å². The number of carboxylic acids is 1. The summed E-state index contributed by atoms with van der Waals surface area (Å²) in [5, 5.41) is 9.24. The molecular formula is C27H34FNO6. The lowest BCUT2D eigenvalue weighted by Crippen LogP contribution is -2.38. The molecule has 0 saturated heterocycles. The molecule has 1 N–H and O–H groups in total. The van der Waals surface area contributed by atoms with Crippen molar-refractivity contribution < 1.29 is 33.3 Å². The highest BCUT2D eigenvalue weighted by molar-refractivity contribution is 5.72. The topological polar surface area (TPSA) is 85.3 Å². The second kappa shape index (κ2) is 13.7. The van der Waals surface area contributed by atoms with E-state index >= 15 is 0 Å². The van der Waals surface area contributed by atoms with Crippen molar-refractivity contribution in [2.45, 2.75) is 51.6 Å². The van der Waals surface area contributed by atoms with Crippen LogP contribution in [-0.4, -0.2) is 54.5 Å². The van der Waals surface area contributed by atoms with Crippen LogP contribution < -0.4 is 9.47 Å². The van der Waals surface area contributed by atoms with Gasteiger partial charge < -0.3 is 24.2 Å². The Morgan fingerprint density at radius 1 is 1.09 bits per heavy atom.